The summed E-state index contributed by atoms with van der Waals surface area (Å²) in [6.07, 6.45) is 0. The minimum atomic E-state index is -3.52. The van der Waals surface area contributed by atoms with E-state index in [0.29, 0.717) is 34.1 Å². The fraction of sp³-hybridized carbons (Fsp3) is 0.500. The lowest BCUT2D eigenvalue weighted by Crippen LogP contribution is -2.69. The van der Waals surface area contributed by atoms with Gasteiger partial charge in [-0.15, -0.1) is 0 Å². The van der Waals surface area contributed by atoms with Gasteiger partial charge in [-0.05, 0) is 36.4 Å². The fourth-order valence-corrected chi connectivity index (χ4v) is 10.4. The van der Waals surface area contributed by atoms with Gasteiger partial charge in [-0.3, -0.25) is 19.4 Å². The number of carbonyl (C=O) groups is 2. The van der Waals surface area contributed by atoms with Crippen molar-refractivity contribution in [3.05, 3.63) is 47.5 Å². The highest BCUT2D eigenvalue weighted by molar-refractivity contribution is 7.92. The molecule has 3 fully saturated rings. The summed E-state index contributed by atoms with van der Waals surface area (Å²) in [7, 11) is -1.17. The van der Waals surface area contributed by atoms with Crippen molar-refractivity contribution in [3.8, 4) is 23.0 Å². The Labute approximate surface area is 245 Å². The number of sulfone groups is 2. The van der Waals surface area contributed by atoms with Gasteiger partial charge in [0.05, 0.1) is 64.5 Å². The maximum atomic E-state index is 13.5. The van der Waals surface area contributed by atoms with Gasteiger partial charge in [-0.2, -0.15) is 0 Å². The molecule has 2 aromatic carbocycles. The molecule has 0 amide bonds. The molecule has 3 saturated heterocycles. The zero-order valence-electron chi connectivity index (χ0n) is 23.8. The second kappa shape index (κ2) is 11.5. The van der Waals surface area contributed by atoms with Crippen molar-refractivity contribution >= 4 is 31.2 Å². The van der Waals surface area contributed by atoms with Crippen LogP contribution in [0.5, 0.6) is 23.0 Å². The van der Waals surface area contributed by atoms with E-state index in [1.54, 1.807) is 46.2 Å². The van der Waals surface area contributed by atoms with E-state index in [1.807, 2.05) is 0 Å². The number of ether oxygens (including phenoxy) is 4. The second-order valence-electron chi connectivity index (χ2n) is 10.8. The molecule has 0 aliphatic carbocycles. The molecular weight excluding hydrogens is 588 g/mol. The van der Waals surface area contributed by atoms with Crippen LogP contribution >= 0.6 is 0 Å². The van der Waals surface area contributed by atoms with E-state index in [4.69, 9.17) is 18.9 Å². The van der Waals surface area contributed by atoms with E-state index >= 15 is 0 Å². The number of benzene rings is 2. The Morgan fingerprint density at radius 3 is 1.19 bits per heavy atom. The number of piperazine rings is 1. The van der Waals surface area contributed by atoms with E-state index in [0.717, 1.165) is 0 Å². The normalized spacial score (nSPS) is 26.2. The van der Waals surface area contributed by atoms with E-state index < -0.39 is 43.8 Å². The minimum Gasteiger partial charge on any atom is -0.493 e. The number of fused-ring (bicyclic) bond motifs is 2. The van der Waals surface area contributed by atoms with Crippen molar-refractivity contribution in [1.29, 1.82) is 0 Å². The molecule has 3 heterocycles. The molecule has 12 nitrogen and oxygen atoms in total. The second-order valence-corrected chi connectivity index (χ2v) is 15.1. The summed E-state index contributed by atoms with van der Waals surface area (Å²) in [6.45, 7) is -0.360. The first-order valence-electron chi connectivity index (χ1n) is 13.3. The van der Waals surface area contributed by atoms with Crippen molar-refractivity contribution in [2.45, 2.75) is 24.2 Å². The smallest absolute Gasteiger partial charge is 0.176 e. The van der Waals surface area contributed by atoms with Crippen molar-refractivity contribution in [2.75, 3.05) is 64.5 Å². The Morgan fingerprint density at radius 1 is 0.595 bits per heavy atom. The molecular formula is C28H34N2O10S2. The Balaban J connectivity index is 1.47. The van der Waals surface area contributed by atoms with Crippen LogP contribution in [0.15, 0.2) is 36.4 Å². The van der Waals surface area contributed by atoms with Crippen LogP contribution in [-0.2, 0) is 19.7 Å². The molecule has 0 bridgehead atoms. The van der Waals surface area contributed by atoms with Gasteiger partial charge in [0.1, 0.15) is 0 Å². The molecule has 3 aliphatic rings. The number of ketones is 2. The summed E-state index contributed by atoms with van der Waals surface area (Å²) in [4.78, 5) is 30.5. The van der Waals surface area contributed by atoms with E-state index in [2.05, 4.69) is 0 Å². The van der Waals surface area contributed by atoms with Crippen molar-refractivity contribution in [1.82, 2.24) is 9.80 Å². The van der Waals surface area contributed by atoms with Gasteiger partial charge in [0.15, 0.2) is 54.2 Å². The predicted octanol–water partition coefficient (Wildman–Crippen LogP) is 0.735. The SMILES string of the molecule is COc1ccc(C(=O)CN2[C@@H]3CS(=O)(=O)C[C@@H]3N(CC(=O)c3ccc(OC)c(OC)c3)[C@H]3CS(=O)(=O)C[C@H]32)cc1OC. The molecule has 42 heavy (non-hydrogen) atoms. The van der Waals surface area contributed by atoms with Crippen molar-refractivity contribution < 1.29 is 45.4 Å². The van der Waals surface area contributed by atoms with E-state index in [1.165, 1.54) is 28.4 Å². The number of carbonyl (C=O) groups excluding carboxylic acids is 2. The molecule has 0 saturated carbocycles. The third-order valence-electron chi connectivity index (χ3n) is 8.35. The largest absolute Gasteiger partial charge is 0.493 e. The third kappa shape index (κ3) is 5.72. The van der Waals surface area contributed by atoms with Gasteiger partial charge in [0.2, 0.25) is 0 Å². The lowest BCUT2D eigenvalue weighted by atomic mass is 9.92. The zero-order valence-corrected chi connectivity index (χ0v) is 25.4. The van der Waals surface area contributed by atoms with Crippen molar-refractivity contribution in [3.63, 3.8) is 0 Å². The maximum Gasteiger partial charge on any atom is 0.176 e. The number of methoxy groups -OCH3 is 4. The van der Waals surface area contributed by atoms with Crippen LogP contribution < -0.4 is 18.9 Å². The summed E-state index contributed by atoms with van der Waals surface area (Å²) in [5.74, 6) is 0.0735. The molecule has 0 N–H and O–H groups in total. The molecule has 5 rings (SSSR count). The highest BCUT2D eigenvalue weighted by atomic mass is 32.2. The predicted molar refractivity (Wildman–Crippen MR) is 154 cm³/mol. The van der Waals surface area contributed by atoms with Crippen LogP contribution in [0.2, 0.25) is 0 Å². The van der Waals surface area contributed by atoms with E-state index in [9.17, 15) is 26.4 Å². The van der Waals surface area contributed by atoms with Crippen LogP contribution in [-0.4, -0.2) is 127 Å². The van der Waals surface area contributed by atoms with Gasteiger partial charge in [-0.1, -0.05) is 0 Å². The molecule has 3 aliphatic heterocycles. The van der Waals surface area contributed by atoms with Gasteiger partial charge < -0.3 is 18.9 Å². The summed E-state index contributed by atoms with van der Waals surface area (Å²) in [6, 6.07) is 6.85. The lowest BCUT2D eigenvalue weighted by Gasteiger charge is -2.50. The van der Waals surface area contributed by atoms with Gasteiger partial charge in [0, 0.05) is 35.3 Å². The Morgan fingerprint density at radius 2 is 0.905 bits per heavy atom. The number of Topliss-reactive ketones (excluding diaryl/α,β-unsaturated/α-hetero) is 2. The Bertz CT molecular complexity index is 1450. The monoisotopic (exact) mass is 622 g/mol. The molecule has 0 radical (unpaired) electrons. The first-order chi connectivity index (χ1) is 19.9. The molecule has 2 aromatic rings. The van der Waals surface area contributed by atoms with Crippen molar-refractivity contribution in [2.24, 2.45) is 0 Å². The Hall–Kier alpha value is -3.20. The fourth-order valence-electron chi connectivity index (χ4n) is 6.38. The maximum absolute atomic E-state index is 13.5. The average Bonchev–Trinajstić information content (AvgIpc) is 3.47. The molecule has 0 aromatic heterocycles. The van der Waals surface area contributed by atoms with Gasteiger partial charge in [0.25, 0.3) is 0 Å². The molecule has 0 unspecified atom stereocenters. The summed E-state index contributed by atoms with van der Waals surface area (Å²) in [5.41, 5.74) is 0.655. The number of hydrogen-bond donors (Lipinski definition) is 0. The molecule has 4 atom stereocenters. The van der Waals surface area contributed by atoms with Crippen LogP contribution in [0.1, 0.15) is 20.7 Å². The number of rotatable bonds is 10. The van der Waals surface area contributed by atoms with Gasteiger partial charge >= 0.3 is 0 Å². The molecule has 0 spiro atoms. The number of hydrogen-bond acceptors (Lipinski definition) is 12. The first kappa shape index (κ1) is 30.3. The van der Waals surface area contributed by atoms with Crippen LogP contribution in [0.25, 0.3) is 0 Å². The standard InChI is InChI=1S/C28H34N2O10S2/c1-37-25-7-5-17(9-27(25)39-3)23(31)11-29-19-13-41(33,34)15-21(19)30(22-16-42(35,36)14-20(22)29)12-24(32)18-6-8-26(38-2)28(10-18)40-4/h5-10,19-22H,11-16H2,1-4H3/t19-,20-,21+,22+. The molecule has 228 valence electrons. The first-order valence-corrected chi connectivity index (χ1v) is 17.0. The minimum absolute atomic E-state index is 0.180. The summed E-state index contributed by atoms with van der Waals surface area (Å²) in [5, 5.41) is 0. The number of nitrogens with zero attached hydrogens (tertiary/aromatic N) is 2. The van der Waals surface area contributed by atoms with Crippen LogP contribution in [0.3, 0.4) is 0 Å². The summed E-state index contributed by atoms with van der Waals surface area (Å²) < 4.78 is 73.0. The lowest BCUT2D eigenvalue weighted by molar-refractivity contribution is -0.0177. The Kier molecular flexibility index (Phi) is 8.27. The van der Waals surface area contributed by atoms with Crippen LogP contribution in [0.4, 0.5) is 0 Å². The highest BCUT2D eigenvalue weighted by Gasteiger charge is 2.58. The topological polar surface area (TPSA) is 146 Å². The quantitative estimate of drug-likeness (QED) is 0.345. The van der Waals surface area contributed by atoms with Crippen LogP contribution in [0, 0.1) is 0 Å². The zero-order chi connectivity index (χ0) is 30.4. The summed E-state index contributed by atoms with van der Waals surface area (Å²) >= 11 is 0. The average molecular weight is 623 g/mol. The molecule has 14 heteroatoms. The van der Waals surface area contributed by atoms with Gasteiger partial charge in [-0.25, -0.2) is 16.8 Å². The highest BCUT2D eigenvalue weighted by Crippen LogP contribution is 2.38. The van der Waals surface area contributed by atoms with E-state index in [-0.39, 0.29) is 47.7 Å². The third-order valence-corrected chi connectivity index (χ3v) is 11.8.